The largest absolute Gasteiger partial charge is 0.261 e. The molecule has 3 aliphatic rings. The molecule has 0 unspecified atom stereocenters. The fourth-order valence-electron chi connectivity index (χ4n) is 11.5. The predicted octanol–water partition coefficient (Wildman–Crippen LogP) is 20.2. The molecule has 3 heterocycles. The van der Waals surface area contributed by atoms with Gasteiger partial charge in [0, 0.05) is 40.4 Å². The Morgan fingerprint density at radius 2 is 0.667 bits per heavy atom. The number of nitrogens with zero attached hydrogens (tertiary/aromatic N) is 3. The molecule has 0 fully saturated rings. The normalized spacial score (nSPS) is 11.6. The zero-order valence-corrected chi connectivity index (χ0v) is 49.5. The third kappa shape index (κ3) is 11.9. The maximum absolute atomic E-state index is 4.34. The standard InChI is InChI=1S/3C15H14.3C11H11N/c2*1-10-7-13-9-12-5-3-4-6-14(12)15(13)8-11(10)2;1-10-7-8-13-9-12-5-3-4-6-14(12)15(13)11(10)2;1-8-9(2)12-7-10-5-3-4-6-11(8)10;2*1-8-7-12-11-6-4-3-5-10(11)9(8)2/h3*3-8H,9H2,1-2H3;3*3-7H,1-2H3. The number of benzene rings is 9. The van der Waals surface area contributed by atoms with Crippen LogP contribution in [0.4, 0.5) is 0 Å². The minimum Gasteiger partial charge on any atom is -0.261 e. The summed E-state index contributed by atoms with van der Waals surface area (Å²) in [4.78, 5) is 13.0. The number of aromatic nitrogens is 3. The number of pyridine rings is 3. The molecule has 0 spiro atoms. The summed E-state index contributed by atoms with van der Waals surface area (Å²) in [6.07, 6.45) is 9.10. The maximum atomic E-state index is 4.34. The molecule has 12 aromatic rings. The molecule has 3 aromatic heterocycles. The van der Waals surface area contributed by atoms with Crippen LogP contribution >= 0.6 is 0 Å². The molecule has 0 N–H and O–H groups in total. The van der Waals surface area contributed by atoms with Gasteiger partial charge >= 0.3 is 0 Å². The number of hydrogen-bond acceptors (Lipinski definition) is 3. The van der Waals surface area contributed by atoms with Gasteiger partial charge < -0.3 is 0 Å². The molecule has 81 heavy (non-hydrogen) atoms. The van der Waals surface area contributed by atoms with Crippen molar-refractivity contribution in [2.24, 2.45) is 0 Å². The second kappa shape index (κ2) is 24.3. The van der Waals surface area contributed by atoms with Crippen molar-refractivity contribution in [1.82, 2.24) is 15.0 Å². The molecule has 0 bridgehead atoms. The number of aryl methyl sites for hydroxylation is 11. The summed E-state index contributed by atoms with van der Waals surface area (Å²) in [6, 6.07) is 64.8. The molecule has 0 radical (unpaired) electrons. The highest BCUT2D eigenvalue weighted by molar-refractivity contribution is 5.86. The Bertz CT molecular complexity index is 3990. The Labute approximate surface area is 481 Å². The van der Waals surface area contributed by atoms with Crippen LogP contribution in [-0.2, 0) is 19.3 Å². The smallest absolute Gasteiger partial charge is 0.0704 e. The van der Waals surface area contributed by atoms with Crippen LogP contribution in [0.1, 0.15) is 100 Å². The summed E-state index contributed by atoms with van der Waals surface area (Å²) >= 11 is 0. The van der Waals surface area contributed by atoms with Crippen LogP contribution in [0, 0.1) is 83.1 Å². The Kier molecular flexibility index (Phi) is 16.7. The van der Waals surface area contributed by atoms with Gasteiger partial charge in [0.15, 0.2) is 0 Å². The lowest BCUT2D eigenvalue weighted by Gasteiger charge is -2.08. The Morgan fingerprint density at radius 1 is 0.259 bits per heavy atom. The van der Waals surface area contributed by atoms with Crippen molar-refractivity contribution in [2.45, 2.75) is 102 Å². The van der Waals surface area contributed by atoms with Crippen LogP contribution in [0.3, 0.4) is 0 Å². The van der Waals surface area contributed by atoms with E-state index in [1.54, 1.807) is 0 Å². The highest BCUT2D eigenvalue weighted by Gasteiger charge is 2.21. The Morgan fingerprint density at radius 3 is 1.19 bits per heavy atom. The van der Waals surface area contributed by atoms with Gasteiger partial charge in [-0.2, -0.15) is 0 Å². The van der Waals surface area contributed by atoms with Gasteiger partial charge in [0.2, 0.25) is 0 Å². The van der Waals surface area contributed by atoms with Crippen molar-refractivity contribution in [1.29, 1.82) is 0 Å². The van der Waals surface area contributed by atoms with Crippen LogP contribution in [0.2, 0.25) is 0 Å². The molecule has 0 amide bonds. The average molecular weight is 1050 g/mol. The Hall–Kier alpha value is -8.79. The lowest BCUT2D eigenvalue weighted by atomic mass is 9.97. The number of hydrogen-bond donors (Lipinski definition) is 0. The van der Waals surface area contributed by atoms with Crippen molar-refractivity contribution >= 4 is 32.6 Å². The van der Waals surface area contributed by atoms with E-state index >= 15 is 0 Å². The van der Waals surface area contributed by atoms with Gasteiger partial charge in [-0.05, 0) is 248 Å². The molecule has 9 aromatic carbocycles. The number of rotatable bonds is 0. The summed E-state index contributed by atoms with van der Waals surface area (Å²) in [5.74, 6) is 0. The lowest BCUT2D eigenvalue weighted by Crippen LogP contribution is -1.87. The molecule has 0 aliphatic heterocycles. The number of fused-ring (bicyclic) bond motifs is 12. The van der Waals surface area contributed by atoms with Crippen LogP contribution in [0.5, 0.6) is 0 Å². The molecule has 3 nitrogen and oxygen atoms in total. The van der Waals surface area contributed by atoms with Gasteiger partial charge in [-0.1, -0.05) is 170 Å². The molecule has 15 rings (SSSR count). The summed E-state index contributed by atoms with van der Waals surface area (Å²) in [5, 5.41) is 5.06. The molecule has 402 valence electrons. The number of para-hydroxylation sites is 2. The minimum atomic E-state index is 1.08. The van der Waals surface area contributed by atoms with Gasteiger partial charge in [0.05, 0.1) is 11.0 Å². The predicted molar refractivity (Wildman–Crippen MR) is 346 cm³/mol. The summed E-state index contributed by atoms with van der Waals surface area (Å²) in [5.41, 5.74) is 35.7. The van der Waals surface area contributed by atoms with Gasteiger partial charge in [0.25, 0.3) is 0 Å². The highest BCUT2D eigenvalue weighted by atomic mass is 14.7. The molecular weight excluding hydrogens is 979 g/mol. The van der Waals surface area contributed by atoms with Crippen molar-refractivity contribution in [3.63, 3.8) is 0 Å². The van der Waals surface area contributed by atoms with Crippen molar-refractivity contribution < 1.29 is 0 Å². The minimum absolute atomic E-state index is 1.08. The SMILES string of the molecule is Cc1cc2c(cc1C)-c1ccccc1C2.Cc1cc2c(cc1C)-c1ccccc1C2.Cc1ccc2c(c1C)-c1ccccc1C2.Cc1cnc2ccccc2c1C.Cc1cnc2ccccc2c1C.Cc1ncc2ccccc2c1C. The second-order valence-corrected chi connectivity index (χ2v) is 22.5. The molecule has 0 saturated heterocycles. The zero-order chi connectivity index (χ0) is 56.9. The maximum Gasteiger partial charge on any atom is 0.0704 e. The fraction of sp³-hybridized carbons (Fsp3) is 0.192. The average Bonchev–Trinajstić information content (AvgIpc) is 4.22. The van der Waals surface area contributed by atoms with Crippen molar-refractivity contribution in [3.8, 4) is 33.4 Å². The van der Waals surface area contributed by atoms with E-state index in [1.807, 2.05) is 55.8 Å². The second-order valence-electron chi connectivity index (χ2n) is 22.5. The first kappa shape index (κ1) is 55.5. The van der Waals surface area contributed by atoms with Gasteiger partial charge in [0.1, 0.15) is 0 Å². The van der Waals surface area contributed by atoms with Crippen LogP contribution in [0.25, 0.3) is 66.0 Å². The third-order valence-corrected chi connectivity index (χ3v) is 17.2. The van der Waals surface area contributed by atoms with E-state index in [2.05, 4.69) is 243 Å². The van der Waals surface area contributed by atoms with E-state index in [4.69, 9.17) is 0 Å². The van der Waals surface area contributed by atoms with Gasteiger partial charge in [-0.25, -0.2) is 0 Å². The topological polar surface area (TPSA) is 38.7 Å². The molecule has 0 atom stereocenters. The van der Waals surface area contributed by atoms with Crippen molar-refractivity contribution in [3.05, 3.63) is 301 Å². The van der Waals surface area contributed by atoms with E-state index in [9.17, 15) is 0 Å². The van der Waals surface area contributed by atoms with Crippen LogP contribution < -0.4 is 0 Å². The first-order valence-electron chi connectivity index (χ1n) is 28.6. The first-order valence-corrected chi connectivity index (χ1v) is 28.6. The molecule has 3 heteroatoms. The summed E-state index contributed by atoms with van der Waals surface area (Å²) < 4.78 is 0. The van der Waals surface area contributed by atoms with E-state index in [1.165, 1.54) is 150 Å². The summed E-state index contributed by atoms with van der Waals surface area (Å²) in [6.45, 7) is 25.8. The van der Waals surface area contributed by atoms with E-state index in [0.29, 0.717) is 0 Å². The Balaban J connectivity index is 0.000000109. The fourth-order valence-corrected chi connectivity index (χ4v) is 11.5. The first-order chi connectivity index (χ1) is 39.1. The van der Waals surface area contributed by atoms with Gasteiger partial charge in [-0.3, -0.25) is 15.0 Å². The van der Waals surface area contributed by atoms with Crippen molar-refractivity contribution in [2.75, 3.05) is 0 Å². The monoisotopic (exact) mass is 1050 g/mol. The quantitative estimate of drug-likeness (QED) is 0.152. The highest BCUT2D eigenvalue weighted by Crippen LogP contribution is 2.41. The molecule has 0 saturated carbocycles. The van der Waals surface area contributed by atoms with E-state index in [-0.39, 0.29) is 0 Å². The zero-order valence-electron chi connectivity index (χ0n) is 49.5. The summed E-state index contributed by atoms with van der Waals surface area (Å²) in [7, 11) is 0. The van der Waals surface area contributed by atoms with Crippen LogP contribution in [0.15, 0.2) is 201 Å². The lowest BCUT2D eigenvalue weighted by molar-refractivity contribution is 1.18. The van der Waals surface area contributed by atoms with E-state index in [0.717, 1.165) is 36.0 Å². The third-order valence-electron chi connectivity index (χ3n) is 17.2. The molecular formula is C78H75N3. The van der Waals surface area contributed by atoms with Crippen LogP contribution in [-0.4, -0.2) is 15.0 Å². The van der Waals surface area contributed by atoms with Gasteiger partial charge in [-0.15, -0.1) is 0 Å². The van der Waals surface area contributed by atoms with E-state index < -0.39 is 0 Å². The molecule has 3 aliphatic carbocycles.